The van der Waals surface area contributed by atoms with Crippen molar-refractivity contribution in [3.8, 4) is 0 Å². The van der Waals surface area contributed by atoms with Crippen molar-refractivity contribution in [3.05, 3.63) is 0 Å². The van der Waals surface area contributed by atoms with E-state index in [9.17, 15) is 4.79 Å². The maximum absolute atomic E-state index is 11.8. The molecular formula is C12H22O4. The zero-order valence-electron chi connectivity index (χ0n) is 10.8. The van der Waals surface area contributed by atoms with E-state index in [1.165, 1.54) is 7.11 Å². The van der Waals surface area contributed by atoms with Gasteiger partial charge in [0, 0.05) is 6.42 Å². The van der Waals surface area contributed by atoms with E-state index in [-0.39, 0.29) is 5.97 Å². The molecule has 0 aromatic carbocycles. The molecule has 0 aliphatic carbocycles. The van der Waals surface area contributed by atoms with Crippen LogP contribution in [0.25, 0.3) is 0 Å². The molecule has 1 aliphatic rings. The molecule has 0 bridgehead atoms. The summed E-state index contributed by atoms with van der Waals surface area (Å²) in [4.78, 5) is 11.8. The first-order valence-corrected chi connectivity index (χ1v) is 5.72. The van der Waals surface area contributed by atoms with Crippen LogP contribution in [0.5, 0.6) is 0 Å². The topological polar surface area (TPSA) is 44.8 Å². The number of hydrogen-bond donors (Lipinski definition) is 0. The van der Waals surface area contributed by atoms with Crippen LogP contribution in [0.2, 0.25) is 0 Å². The molecule has 4 nitrogen and oxygen atoms in total. The molecule has 0 aromatic rings. The van der Waals surface area contributed by atoms with Gasteiger partial charge in [0.25, 0.3) is 0 Å². The van der Waals surface area contributed by atoms with Crippen LogP contribution in [0.1, 0.15) is 34.1 Å². The second-order valence-corrected chi connectivity index (χ2v) is 5.16. The molecule has 4 heteroatoms. The largest absolute Gasteiger partial charge is 0.468 e. The molecule has 16 heavy (non-hydrogen) atoms. The average Bonchev–Trinajstić information content (AvgIpc) is 2.65. The first-order chi connectivity index (χ1) is 7.35. The minimum absolute atomic E-state index is 0.296. The summed E-state index contributed by atoms with van der Waals surface area (Å²) in [5.41, 5.74) is -0.789. The van der Waals surface area contributed by atoms with E-state index in [1.54, 1.807) is 0 Å². The van der Waals surface area contributed by atoms with Crippen molar-refractivity contribution in [1.29, 1.82) is 0 Å². The van der Waals surface area contributed by atoms with Gasteiger partial charge in [-0.2, -0.15) is 0 Å². The standard InChI is InChI=1S/C12H22O4/c1-9(2)8-12(15-6-7-16-12)11(3,4)10(13)14-5/h9H,6-8H2,1-5H3. The Morgan fingerprint density at radius 2 is 1.88 bits per heavy atom. The van der Waals surface area contributed by atoms with Gasteiger partial charge >= 0.3 is 5.97 Å². The lowest BCUT2D eigenvalue weighted by Gasteiger charge is -2.40. The Kier molecular flexibility index (Phi) is 3.97. The highest BCUT2D eigenvalue weighted by Crippen LogP contribution is 2.43. The van der Waals surface area contributed by atoms with Gasteiger partial charge in [-0.05, 0) is 19.8 Å². The number of methoxy groups -OCH3 is 1. The molecule has 94 valence electrons. The lowest BCUT2D eigenvalue weighted by atomic mass is 9.78. The molecule has 0 atom stereocenters. The number of esters is 1. The highest BCUT2D eigenvalue weighted by Gasteiger charge is 2.55. The van der Waals surface area contributed by atoms with Crippen molar-refractivity contribution < 1.29 is 19.0 Å². The summed E-state index contributed by atoms with van der Waals surface area (Å²) in [7, 11) is 1.39. The molecule has 0 N–H and O–H groups in total. The van der Waals surface area contributed by atoms with E-state index in [0.717, 1.165) is 0 Å². The van der Waals surface area contributed by atoms with Gasteiger partial charge in [0.2, 0.25) is 0 Å². The monoisotopic (exact) mass is 230 g/mol. The van der Waals surface area contributed by atoms with Crippen LogP contribution in [0.4, 0.5) is 0 Å². The number of carbonyl (C=O) groups is 1. The van der Waals surface area contributed by atoms with Crippen molar-refractivity contribution in [2.75, 3.05) is 20.3 Å². The van der Waals surface area contributed by atoms with Crippen LogP contribution in [-0.4, -0.2) is 32.1 Å². The van der Waals surface area contributed by atoms with E-state index in [0.29, 0.717) is 25.6 Å². The average molecular weight is 230 g/mol. The molecule has 1 rings (SSSR count). The Bertz CT molecular complexity index is 252. The molecule has 1 fully saturated rings. The van der Waals surface area contributed by atoms with Crippen molar-refractivity contribution >= 4 is 5.97 Å². The zero-order valence-corrected chi connectivity index (χ0v) is 10.8. The van der Waals surface area contributed by atoms with Crippen molar-refractivity contribution in [2.24, 2.45) is 11.3 Å². The summed E-state index contributed by atoms with van der Waals surface area (Å²) in [6, 6.07) is 0. The minimum atomic E-state index is -0.839. The van der Waals surface area contributed by atoms with E-state index in [4.69, 9.17) is 14.2 Å². The second kappa shape index (κ2) is 4.72. The predicted octanol–water partition coefficient (Wildman–Crippen LogP) is 1.97. The van der Waals surface area contributed by atoms with Gasteiger partial charge in [-0.15, -0.1) is 0 Å². The maximum Gasteiger partial charge on any atom is 0.316 e. The fraction of sp³-hybridized carbons (Fsp3) is 0.917. The lowest BCUT2D eigenvalue weighted by Crippen LogP contribution is -2.51. The third-order valence-electron chi connectivity index (χ3n) is 3.08. The van der Waals surface area contributed by atoms with Gasteiger partial charge in [-0.3, -0.25) is 4.79 Å². The van der Waals surface area contributed by atoms with Crippen molar-refractivity contribution in [2.45, 2.75) is 39.9 Å². The Balaban J connectivity index is 2.96. The van der Waals surface area contributed by atoms with Crippen molar-refractivity contribution in [3.63, 3.8) is 0 Å². The zero-order chi connectivity index (χ0) is 12.4. The van der Waals surface area contributed by atoms with E-state index in [2.05, 4.69) is 13.8 Å². The van der Waals surface area contributed by atoms with Gasteiger partial charge < -0.3 is 14.2 Å². The molecule has 1 saturated heterocycles. The number of carbonyl (C=O) groups excluding carboxylic acids is 1. The summed E-state index contributed by atoms with van der Waals surface area (Å²) in [6.45, 7) is 8.86. The predicted molar refractivity (Wildman–Crippen MR) is 59.9 cm³/mol. The summed E-state index contributed by atoms with van der Waals surface area (Å²) in [5.74, 6) is -0.745. The molecule has 0 saturated carbocycles. The van der Waals surface area contributed by atoms with E-state index in [1.807, 2.05) is 13.8 Å². The number of ether oxygens (including phenoxy) is 3. The lowest BCUT2D eigenvalue weighted by molar-refractivity contribution is -0.242. The molecule has 0 unspecified atom stereocenters. The summed E-state index contributed by atoms with van der Waals surface area (Å²) < 4.78 is 16.3. The second-order valence-electron chi connectivity index (χ2n) is 5.16. The van der Waals surface area contributed by atoms with Crippen LogP contribution in [0, 0.1) is 11.3 Å². The first-order valence-electron chi connectivity index (χ1n) is 5.72. The molecule has 0 spiro atoms. The third kappa shape index (κ3) is 2.23. The Labute approximate surface area is 97.2 Å². The quantitative estimate of drug-likeness (QED) is 0.693. The summed E-state index contributed by atoms with van der Waals surface area (Å²) >= 11 is 0. The van der Waals surface area contributed by atoms with Crippen LogP contribution in [-0.2, 0) is 19.0 Å². The fourth-order valence-corrected chi connectivity index (χ4v) is 2.14. The summed E-state index contributed by atoms with van der Waals surface area (Å²) in [5, 5.41) is 0. The molecule has 1 heterocycles. The molecule has 0 radical (unpaired) electrons. The molecule has 0 aromatic heterocycles. The van der Waals surface area contributed by atoms with Crippen LogP contribution < -0.4 is 0 Å². The van der Waals surface area contributed by atoms with E-state index >= 15 is 0 Å². The number of rotatable bonds is 4. The van der Waals surface area contributed by atoms with Crippen LogP contribution >= 0.6 is 0 Å². The minimum Gasteiger partial charge on any atom is -0.468 e. The van der Waals surface area contributed by atoms with E-state index < -0.39 is 11.2 Å². The van der Waals surface area contributed by atoms with Crippen LogP contribution in [0.15, 0.2) is 0 Å². The smallest absolute Gasteiger partial charge is 0.316 e. The van der Waals surface area contributed by atoms with Gasteiger partial charge in [0.05, 0.1) is 20.3 Å². The van der Waals surface area contributed by atoms with Gasteiger partial charge in [0.1, 0.15) is 5.41 Å². The SMILES string of the molecule is COC(=O)C(C)(C)C1(CC(C)C)OCCO1. The normalized spacial score (nSPS) is 20.1. The Hall–Kier alpha value is -0.610. The maximum atomic E-state index is 11.8. The van der Waals surface area contributed by atoms with Gasteiger partial charge in [0.15, 0.2) is 5.79 Å². The number of hydrogen-bond acceptors (Lipinski definition) is 4. The molecule has 0 amide bonds. The Morgan fingerprint density at radius 1 is 1.38 bits per heavy atom. The molecule has 1 aliphatic heterocycles. The highest BCUT2D eigenvalue weighted by molar-refractivity contribution is 5.77. The highest BCUT2D eigenvalue weighted by atomic mass is 16.7. The fourth-order valence-electron chi connectivity index (χ4n) is 2.14. The third-order valence-corrected chi connectivity index (χ3v) is 3.08. The van der Waals surface area contributed by atoms with Crippen molar-refractivity contribution in [1.82, 2.24) is 0 Å². The van der Waals surface area contributed by atoms with Crippen LogP contribution in [0.3, 0.4) is 0 Å². The first kappa shape index (κ1) is 13.5. The summed E-state index contributed by atoms with van der Waals surface area (Å²) in [6.07, 6.45) is 0.690. The Morgan fingerprint density at radius 3 is 2.25 bits per heavy atom. The molecular weight excluding hydrogens is 208 g/mol. The van der Waals surface area contributed by atoms with Gasteiger partial charge in [-0.25, -0.2) is 0 Å². The van der Waals surface area contributed by atoms with Gasteiger partial charge in [-0.1, -0.05) is 13.8 Å².